The Bertz CT molecular complexity index is 1610. The van der Waals surface area contributed by atoms with Crippen molar-refractivity contribution in [2.75, 3.05) is 0 Å². The lowest BCUT2D eigenvalue weighted by Gasteiger charge is -1.99. The molecular weight excluding hydrogens is 444 g/mol. The number of hydrogen-bond acceptors (Lipinski definition) is 7. The van der Waals surface area contributed by atoms with Crippen LogP contribution in [-0.4, -0.2) is 40.8 Å². The number of nitrogens with zero attached hydrogens (tertiary/aromatic N) is 7. The maximum Gasteiger partial charge on any atom is 0.234 e. The average Bonchev–Trinajstić information content (AvgIpc) is 3.62. The number of nitrogens with one attached hydrogen (secondary N) is 2. The summed E-state index contributed by atoms with van der Waals surface area (Å²) >= 11 is 0. The quantitative estimate of drug-likeness (QED) is 0.380. The van der Waals surface area contributed by atoms with Crippen LogP contribution in [0.2, 0.25) is 0 Å². The molecule has 166 valence electrons. The molecule has 0 saturated heterocycles. The molecule has 0 amide bonds. The maximum absolute atomic E-state index is 14.1. The highest BCUT2D eigenvalue weighted by Gasteiger charge is 2.17. The number of benzene rings is 2. The van der Waals surface area contributed by atoms with E-state index >= 15 is 0 Å². The van der Waals surface area contributed by atoms with Crippen LogP contribution in [0.1, 0.15) is 5.76 Å². The summed E-state index contributed by atoms with van der Waals surface area (Å²) in [5.41, 5.74) is 3.55. The second-order valence-electron chi connectivity index (χ2n) is 7.45. The molecule has 0 aliphatic rings. The maximum atomic E-state index is 14.1. The van der Waals surface area contributed by atoms with Crippen LogP contribution in [0.3, 0.4) is 0 Å². The molecule has 0 bridgehead atoms. The number of rotatable bonds is 5. The molecule has 4 heterocycles. The van der Waals surface area contributed by atoms with Gasteiger partial charge in [0.25, 0.3) is 0 Å². The zero-order chi connectivity index (χ0) is 23.1. The molecular formula is C22H14F2N9O+. The molecule has 0 radical (unpaired) electrons. The van der Waals surface area contributed by atoms with Crippen molar-refractivity contribution in [1.82, 2.24) is 40.8 Å². The van der Waals surface area contributed by atoms with E-state index in [9.17, 15) is 8.78 Å². The van der Waals surface area contributed by atoms with Crippen LogP contribution in [-0.2, 0) is 6.54 Å². The van der Waals surface area contributed by atoms with Crippen molar-refractivity contribution in [1.29, 1.82) is 0 Å². The highest BCUT2D eigenvalue weighted by Crippen LogP contribution is 2.24. The number of hydrogen-bond donors (Lipinski definition) is 2. The van der Waals surface area contributed by atoms with Gasteiger partial charge in [-0.2, -0.15) is 5.21 Å². The number of fused-ring (bicyclic) bond motifs is 1. The Hall–Kier alpha value is -4.87. The molecule has 0 aliphatic carbocycles. The summed E-state index contributed by atoms with van der Waals surface area (Å²) in [6.45, 7) is 0.312. The second kappa shape index (κ2) is 7.92. The van der Waals surface area contributed by atoms with Gasteiger partial charge < -0.3 is 9.51 Å². The van der Waals surface area contributed by atoms with Gasteiger partial charge in [-0.25, -0.2) is 13.8 Å². The minimum absolute atomic E-state index is 0.0491. The fourth-order valence-corrected chi connectivity index (χ4v) is 3.57. The van der Waals surface area contributed by atoms with Crippen molar-refractivity contribution in [2.45, 2.75) is 6.54 Å². The predicted octanol–water partition coefficient (Wildman–Crippen LogP) is 3.07. The Morgan fingerprint density at radius 1 is 1.03 bits per heavy atom. The Morgan fingerprint density at radius 3 is 2.71 bits per heavy atom. The van der Waals surface area contributed by atoms with Crippen LogP contribution in [0, 0.1) is 11.6 Å². The van der Waals surface area contributed by atoms with Crippen molar-refractivity contribution in [3.8, 4) is 34.0 Å². The Labute approximate surface area is 189 Å². The van der Waals surface area contributed by atoms with Crippen LogP contribution in [0.4, 0.5) is 8.78 Å². The molecule has 2 aromatic carbocycles. The summed E-state index contributed by atoms with van der Waals surface area (Å²) < 4.78 is 34.8. The highest BCUT2D eigenvalue weighted by molar-refractivity contribution is 5.77. The van der Waals surface area contributed by atoms with Gasteiger partial charge in [0.2, 0.25) is 24.3 Å². The molecule has 0 fully saturated rings. The van der Waals surface area contributed by atoms with E-state index in [1.807, 2.05) is 30.3 Å². The van der Waals surface area contributed by atoms with Gasteiger partial charge in [0.15, 0.2) is 11.6 Å². The number of halogens is 2. The summed E-state index contributed by atoms with van der Waals surface area (Å²) in [6.07, 6.45) is 3.26. The molecule has 0 unspecified atom stereocenters. The second-order valence-corrected chi connectivity index (χ2v) is 7.45. The van der Waals surface area contributed by atoms with Crippen molar-refractivity contribution in [2.24, 2.45) is 0 Å². The van der Waals surface area contributed by atoms with Gasteiger partial charge in [-0.15, -0.1) is 10.2 Å². The van der Waals surface area contributed by atoms with E-state index in [4.69, 9.17) is 4.52 Å². The number of tetrazole rings is 1. The lowest BCUT2D eigenvalue weighted by molar-refractivity contribution is -0.746. The third kappa shape index (κ3) is 3.56. The van der Waals surface area contributed by atoms with Crippen LogP contribution in [0.25, 0.3) is 45.1 Å². The Morgan fingerprint density at radius 2 is 1.88 bits per heavy atom. The van der Waals surface area contributed by atoms with E-state index in [0.29, 0.717) is 34.9 Å². The van der Waals surface area contributed by atoms with E-state index < -0.39 is 11.6 Å². The van der Waals surface area contributed by atoms with Crippen molar-refractivity contribution < 1.29 is 18.0 Å². The van der Waals surface area contributed by atoms with Gasteiger partial charge in [0.1, 0.15) is 28.7 Å². The molecule has 2 N–H and O–H groups in total. The Balaban J connectivity index is 1.23. The normalized spacial score (nSPS) is 11.4. The number of aromatic nitrogens is 9. The summed E-state index contributed by atoms with van der Waals surface area (Å²) in [7, 11) is 0. The van der Waals surface area contributed by atoms with Crippen molar-refractivity contribution >= 4 is 11.0 Å². The van der Waals surface area contributed by atoms with E-state index in [0.717, 1.165) is 17.2 Å². The average molecular weight is 458 g/mol. The first-order chi connectivity index (χ1) is 16.6. The first-order valence-corrected chi connectivity index (χ1v) is 10.1. The van der Waals surface area contributed by atoms with Crippen LogP contribution < -0.4 is 4.68 Å². The monoisotopic (exact) mass is 458 g/mol. The zero-order valence-corrected chi connectivity index (χ0v) is 17.3. The summed E-state index contributed by atoms with van der Waals surface area (Å²) in [6, 6.07) is 13.3. The fourth-order valence-electron chi connectivity index (χ4n) is 3.57. The van der Waals surface area contributed by atoms with Crippen LogP contribution >= 0.6 is 0 Å². The first-order valence-electron chi connectivity index (χ1n) is 10.1. The number of imidazole rings is 1. The minimum atomic E-state index is -0.957. The number of aromatic amines is 2. The summed E-state index contributed by atoms with van der Waals surface area (Å²) in [5.74, 6) is -0.575. The van der Waals surface area contributed by atoms with E-state index in [1.54, 1.807) is 17.1 Å². The largest absolute Gasteiger partial charge is 0.354 e. The van der Waals surface area contributed by atoms with Crippen LogP contribution in [0.5, 0.6) is 0 Å². The lowest BCUT2D eigenvalue weighted by atomic mass is 10.1. The van der Waals surface area contributed by atoms with E-state index in [-0.39, 0.29) is 11.4 Å². The van der Waals surface area contributed by atoms with Gasteiger partial charge in [-0.1, -0.05) is 40.2 Å². The molecule has 6 aromatic rings. The number of H-pyrrole nitrogens is 2. The highest BCUT2D eigenvalue weighted by atomic mass is 19.2. The van der Waals surface area contributed by atoms with Crippen molar-refractivity contribution in [3.63, 3.8) is 0 Å². The van der Waals surface area contributed by atoms with Gasteiger partial charge in [0, 0.05) is 17.2 Å². The fraction of sp³-hybridized carbons (Fsp3) is 0.0455. The topological polar surface area (TPSA) is 126 Å². The lowest BCUT2D eigenvalue weighted by Crippen LogP contribution is -2.37. The molecule has 34 heavy (non-hydrogen) atoms. The molecule has 6 rings (SSSR count). The first kappa shape index (κ1) is 19.8. The molecule has 0 aliphatic heterocycles. The summed E-state index contributed by atoms with van der Waals surface area (Å²) in [5, 5.41) is 22.4. The van der Waals surface area contributed by atoms with E-state index in [1.165, 1.54) is 12.1 Å². The Kier molecular flexibility index (Phi) is 4.61. The SMILES string of the molecule is Fc1cccc(-c2nc3cn[n+](Cc4cc(-c5ccc(-c6nn[nH]n6)cc5)no4)cc3[nH]2)c1F. The molecule has 0 atom stereocenters. The standard InChI is InChI=1S/C22H13F2N9O/c23-16-3-1-2-15(20(16)24)22-26-18-9-25-33(11-19(18)27-22)10-14-8-17(30-34-14)12-4-6-13(7-5-12)21-28-31-32-29-21/h1-9,11H,10H2,(H,28,29,30,31,32)/p+1. The molecule has 10 nitrogen and oxygen atoms in total. The zero-order valence-electron chi connectivity index (χ0n) is 17.3. The van der Waals surface area contributed by atoms with Crippen molar-refractivity contribution in [3.05, 3.63) is 78.3 Å². The smallest absolute Gasteiger partial charge is 0.234 e. The van der Waals surface area contributed by atoms with E-state index in [2.05, 4.69) is 40.8 Å². The van der Waals surface area contributed by atoms with Gasteiger partial charge >= 0.3 is 0 Å². The minimum Gasteiger partial charge on any atom is -0.354 e. The van der Waals surface area contributed by atoms with Gasteiger partial charge in [-0.05, 0) is 22.4 Å². The molecule has 4 aromatic heterocycles. The summed E-state index contributed by atoms with van der Waals surface area (Å²) in [4.78, 5) is 7.33. The molecule has 0 saturated carbocycles. The third-order valence-electron chi connectivity index (χ3n) is 5.24. The van der Waals surface area contributed by atoms with Crippen LogP contribution in [0.15, 0.2) is 65.4 Å². The predicted molar refractivity (Wildman–Crippen MR) is 114 cm³/mol. The van der Waals surface area contributed by atoms with Gasteiger partial charge in [0.05, 0.1) is 5.56 Å². The molecule has 0 spiro atoms. The third-order valence-corrected chi connectivity index (χ3v) is 5.24. The van der Waals surface area contributed by atoms with Gasteiger partial charge in [-0.3, -0.25) is 0 Å². The molecule has 12 heteroatoms.